The Morgan fingerprint density at radius 1 is 1.00 bits per heavy atom. The average Bonchev–Trinajstić information content (AvgIpc) is 2.79. The minimum Gasteiger partial charge on any atom is -0.267 e. The van der Waals surface area contributed by atoms with Crippen molar-refractivity contribution >= 4 is 63.7 Å². The van der Waals surface area contributed by atoms with E-state index >= 15 is 0 Å². The second kappa shape index (κ2) is 5.30. The van der Waals surface area contributed by atoms with Gasteiger partial charge < -0.3 is 0 Å². The number of fused-ring (bicyclic) bond motifs is 1. The monoisotopic (exact) mass is 348 g/mol. The normalized spacial score (nSPS) is 18.3. The van der Waals surface area contributed by atoms with Crippen LogP contribution in [0.2, 0.25) is 5.02 Å². The van der Waals surface area contributed by atoms with Gasteiger partial charge in [-0.3, -0.25) is 9.59 Å². The van der Waals surface area contributed by atoms with Gasteiger partial charge in [-0.25, -0.2) is 9.88 Å². The van der Waals surface area contributed by atoms with Gasteiger partial charge in [0.1, 0.15) is 5.82 Å². The lowest BCUT2D eigenvalue weighted by Gasteiger charge is -2.14. The summed E-state index contributed by atoms with van der Waals surface area (Å²) in [5.41, 5.74) is 0.663. The summed E-state index contributed by atoms with van der Waals surface area (Å²) in [6.45, 7) is 0. The van der Waals surface area contributed by atoms with Gasteiger partial charge in [0.25, 0.3) is 11.8 Å². The quantitative estimate of drug-likeness (QED) is 0.739. The maximum absolute atomic E-state index is 12.5. The van der Waals surface area contributed by atoms with Crippen molar-refractivity contribution in [1.29, 1.82) is 0 Å². The highest BCUT2D eigenvalue weighted by Crippen LogP contribution is 2.42. The standard InChI is InChI=1S/C15H9ClN2O2S2/c16-9-3-1-8-2-4-11(17-10(8)7-9)18-14(19)12-13(15(18)20)22-6-5-21-12/h1-4,7H,5-6H2. The number of carbonyl (C=O) groups excluding carboxylic acids is 2. The fourth-order valence-corrected chi connectivity index (χ4v) is 4.90. The molecule has 0 saturated carbocycles. The number of rotatable bonds is 1. The molecule has 0 saturated heterocycles. The summed E-state index contributed by atoms with van der Waals surface area (Å²) < 4.78 is 0. The first kappa shape index (κ1) is 14.1. The molecule has 2 amide bonds. The van der Waals surface area contributed by atoms with Crippen LogP contribution in [-0.2, 0) is 9.59 Å². The van der Waals surface area contributed by atoms with E-state index in [4.69, 9.17) is 11.6 Å². The van der Waals surface area contributed by atoms with Crippen molar-refractivity contribution in [2.45, 2.75) is 0 Å². The van der Waals surface area contributed by atoms with E-state index < -0.39 is 0 Å². The van der Waals surface area contributed by atoms with Gasteiger partial charge in [-0.2, -0.15) is 0 Å². The van der Waals surface area contributed by atoms with E-state index in [1.807, 2.05) is 12.1 Å². The maximum atomic E-state index is 12.5. The zero-order chi connectivity index (χ0) is 15.3. The third kappa shape index (κ3) is 2.14. The minimum absolute atomic E-state index is 0.272. The molecule has 3 heterocycles. The van der Waals surface area contributed by atoms with Crippen LogP contribution in [0, 0.1) is 0 Å². The Labute approximate surface area is 139 Å². The summed E-state index contributed by atoms with van der Waals surface area (Å²) in [6.07, 6.45) is 0. The molecule has 22 heavy (non-hydrogen) atoms. The molecule has 0 aliphatic carbocycles. The molecule has 0 radical (unpaired) electrons. The summed E-state index contributed by atoms with van der Waals surface area (Å²) in [5, 5.41) is 1.48. The molecule has 1 aromatic heterocycles. The zero-order valence-corrected chi connectivity index (χ0v) is 13.6. The van der Waals surface area contributed by atoms with Crippen molar-refractivity contribution in [1.82, 2.24) is 4.98 Å². The Bertz CT molecular complexity index is 838. The molecule has 0 atom stereocenters. The molecule has 0 bridgehead atoms. The number of imide groups is 1. The highest BCUT2D eigenvalue weighted by Gasteiger charge is 2.41. The van der Waals surface area contributed by atoms with Crippen LogP contribution in [0.5, 0.6) is 0 Å². The number of halogens is 1. The molecular formula is C15H9ClN2O2S2. The van der Waals surface area contributed by atoms with E-state index in [0.717, 1.165) is 21.8 Å². The van der Waals surface area contributed by atoms with Crippen LogP contribution in [0.3, 0.4) is 0 Å². The average molecular weight is 349 g/mol. The highest BCUT2D eigenvalue weighted by atomic mass is 35.5. The predicted octanol–water partition coefficient (Wildman–Crippen LogP) is 3.45. The topological polar surface area (TPSA) is 50.3 Å². The van der Waals surface area contributed by atoms with E-state index in [0.29, 0.717) is 26.2 Å². The third-order valence-corrected chi connectivity index (χ3v) is 6.22. The van der Waals surface area contributed by atoms with Crippen molar-refractivity contribution in [2.75, 3.05) is 16.4 Å². The molecule has 2 aliphatic rings. The molecule has 7 heteroatoms. The number of nitrogens with zero attached hydrogens (tertiary/aromatic N) is 2. The van der Waals surface area contributed by atoms with E-state index in [1.165, 1.54) is 23.5 Å². The molecule has 0 unspecified atom stereocenters. The van der Waals surface area contributed by atoms with Gasteiger partial charge in [0.05, 0.1) is 15.3 Å². The summed E-state index contributed by atoms with van der Waals surface area (Å²) in [7, 11) is 0. The summed E-state index contributed by atoms with van der Waals surface area (Å²) in [6, 6.07) is 8.90. The van der Waals surface area contributed by atoms with E-state index in [9.17, 15) is 9.59 Å². The van der Waals surface area contributed by atoms with Crippen LogP contribution < -0.4 is 4.90 Å². The molecule has 0 fully saturated rings. The summed E-state index contributed by atoms with van der Waals surface area (Å²) >= 11 is 8.88. The lowest BCUT2D eigenvalue weighted by atomic mass is 10.2. The first-order valence-electron chi connectivity index (χ1n) is 6.60. The SMILES string of the molecule is O=C1C2=C(SCCS2)C(=O)N1c1ccc2ccc(Cl)cc2n1. The summed E-state index contributed by atoms with van der Waals surface area (Å²) in [4.78, 5) is 31.7. The Morgan fingerprint density at radius 3 is 2.32 bits per heavy atom. The van der Waals surface area contributed by atoms with Crippen LogP contribution in [0.1, 0.15) is 0 Å². The fourth-order valence-electron chi connectivity index (χ4n) is 2.44. The van der Waals surface area contributed by atoms with Gasteiger partial charge in [0, 0.05) is 21.9 Å². The van der Waals surface area contributed by atoms with Crippen molar-refractivity contribution in [2.24, 2.45) is 0 Å². The second-order valence-corrected chi connectivity index (χ2v) is 7.45. The zero-order valence-electron chi connectivity index (χ0n) is 11.2. The number of benzene rings is 1. The second-order valence-electron chi connectivity index (χ2n) is 4.81. The fraction of sp³-hybridized carbons (Fsp3) is 0.133. The van der Waals surface area contributed by atoms with Gasteiger partial charge >= 0.3 is 0 Å². The molecular weight excluding hydrogens is 340 g/mol. The van der Waals surface area contributed by atoms with Gasteiger partial charge in [0.15, 0.2) is 0 Å². The molecule has 1 aromatic carbocycles. The van der Waals surface area contributed by atoms with E-state index in [2.05, 4.69) is 4.98 Å². The number of carbonyl (C=O) groups is 2. The number of pyridine rings is 1. The number of anilines is 1. The Morgan fingerprint density at radius 2 is 1.64 bits per heavy atom. The number of hydrogen-bond acceptors (Lipinski definition) is 5. The van der Waals surface area contributed by atoms with Crippen molar-refractivity contribution in [3.8, 4) is 0 Å². The van der Waals surface area contributed by atoms with Crippen LogP contribution in [0.4, 0.5) is 5.82 Å². The Balaban J connectivity index is 1.79. The number of thioether (sulfide) groups is 2. The predicted molar refractivity (Wildman–Crippen MR) is 91.2 cm³/mol. The molecule has 2 aliphatic heterocycles. The maximum Gasteiger partial charge on any atom is 0.274 e. The van der Waals surface area contributed by atoms with Gasteiger partial charge in [-0.1, -0.05) is 17.7 Å². The van der Waals surface area contributed by atoms with Gasteiger partial charge in [-0.05, 0) is 24.3 Å². The first-order valence-corrected chi connectivity index (χ1v) is 8.95. The van der Waals surface area contributed by atoms with Crippen LogP contribution >= 0.6 is 35.1 Å². The molecule has 0 spiro atoms. The van der Waals surface area contributed by atoms with Crippen LogP contribution in [0.15, 0.2) is 40.1 Å². The van der Waals surface area contributed by atoms with Gasteiger partial charge in [0.2, 0.25) is 0 Å². The van der Waals surface area contributed by atoms with Crippen LogP contribution in [-0.4, -0.2) is 28.3 Å². The van der Waals surface area contributed by atoms with Crippen molar-refractivity contribution < 1.29 is 9.59 Å². The Hall–Kier alpha value is -1.50. The van der Waals surface area contributed by atoms with Crippen molar-refractivity contribution in [3.05, 3.63) is 45.2 Å². The molecule has 4 rings (SSSR count). The minimum atomic E-state index is -0.272. The highest BCUT2D eigenvalue weighted by molar-refractivity contribution is 8.11. The molecule has 4 nitrogen and oxygen atoms in total. The largest absolute Gasteiger partial charge is 0.274 e. The summed E-state index contributed by atoms with van der Waals surface area (Å²) in [5.74, 6) is 1.49. The lowest BCUT2D eigenvalue weighted by Crippen LogP contribution is -2.31. The van der Waals surface area contributed by atoms with Crippen LogP contribution in [0.25, 0.3) is 10.9 Å². The lowest BCUT2D eigenvalue weighted by molar-refractivity contribution is -0.120. The number of aromatic nitrogens is 1. The van der Waals surface area contributed by atoms with Crippen molar-refractivity contribution in [3.63, 3.8) is 0 Å². The smallest absolute Gasteiger partial charge is 0.267 e. The molecule has 0 N–H and O–H groups in total. The third-order valence-electron chi connectivity index (χ3n) is 3.45. The van der Waals surface area contributed by atoms with Gasteiger partial charge in [-0.15, -0.1) is 23.5 Å². The number of hydrogen-bond donors (Lipinski definition) is 0. The first-order chi connectivity index (χ1) is 10.6. The molecule has 110 valence electrons. The molecule has 2 aromatic rings. The number of amides is 2. The van der Waals surface area contributed by atoms with E-state index in [-0.39, 0.29) is 11.8 Å². The van der Waals surface area contributed by atoms with E-state index in [1.54, 1.807) is 18.2 Å². The Kier molecular flexibility index (Phi) is 3.40.